The van der Waals surface area contributed by atoms with Crippen molar-refractivity contribution >= 4 is 5.91 Å². The average Bonchev–Trinajstić information content (AvgIpc) is 2.89. The fourth-order valence-corrected chi connectivity index (χ4v) is 2.81. The van der Waals surface area contributed by atoms with Crippen molar-refractivity contribution in [2.45, 2.75) is 26.5 Å². The van der Waals surface area contributed by atoms with Crippen molar-refractivity contribution in [3.05, 3.63) is 35.4 Å². The molecular weight excluding hydrogens is 278 g/mol. The molecule has 3 N–H and O–H groups in total. The van der Waals surface area contributed by atoms with E-state index in [4.69, 9.17) is 10.5 Å². The molecule has 1 heterocycles. The quantitative estimate of drug-likeness (QED) is 0.792. The van der Waals surface area contributed by atoms with Crippen molar-refractivity contribution in [1.29, 1.82) is 0 Å². The van der Waals surface area contributed by atoms with Gasteiger partial charge < -0.3 is 15.8 Å². The minimum Gasteiger partial charge on any atom is -0.380 e. The molecule has 0 spiro atoms. The first-order valence-electron chi connectivity index (χ1n) is 7.80. The van der Waals surface area contributed by atoms with Crippen LogP contribution in [0.15, 0.2) is 24.3 Å². The maximum absolute atomic E-state index is 12.0. The van der Waals surface area contributed by atoms with E-state index in [0.29, 0.717) is 26.2 Å². The van der Waals surface area contributed by atoms with Gasteiger partial charge in [0.15, 0.2) is 0 Å². The number of nitrogens with one attached hydrogen (secondary N) is 1. The van der Waals surface area contributed by atoms with Gasteiger partial charge in [-0.15, -0.1) is 0 Å². The third-order valence-corrected chi connectivity index (χ3v) is 4.32. The summed E-state index contributed by atoms with van der Waals surface area (Å²) in [5.41, 5.74) is 8.19. The third-order valence-electron chi connectivity index (χ3n) is 4.32. The van der Waals surface area contributed by atoms with Gasteiger partial charge in [0.2, 0.25) is 5.91 Å². The van der Waals surface area contributed by atoms with Gasteiger partial charge in [-0.1, -0.05) is 31.2 Å². The van der Waals surface area contributed by atoms with Crippen LogP contribution in [0.4, 0.5) is 0 Å². The van der Waals surface area contributed by atoms with Crippen LogP contribution in [0.2, 0.25) is 0 Å². The first-order valence-corrected chi connectivity index (χ1v) is 7.80. The summed E-state index contributed by atoms with van der Waals surface area (Å²) in [4.78, 5) is 14.2. The van der Waals surface area contributed by atoms with Crippen molar-refractivity contribution < 1.29 is 9.53 Å². The Morgan fingerprint density at radius 2 is 2.05 bits per heavy atom. The largest absolute Gasteiger partial charge is 0.380 e. The molecule has 0 aliphatic carbocycles. The number of rotatable bonds is 7. The van der Waals surface area contributed by atoms with Gasteiger partial charge in [-0.3, -0.25) is 9.69 Å². The molecule has 1 atom stereocenters. The number of carbonyl (C=O) groups is 1. The van der Waals surface area contributed by atoms with E-state index in [1.165, 1.54) is 0 Å². The van der Waals surface area contributed by atoms with Crippen molar-refractivity contribution in [2.24, 2.45) is 11.1 Å². The summed E-state index contributed by atoms with van der Waals surface area (Å²) >= 11 is 0. The number of hydrogen-bond donors (Lipinski definition) is 2. The predicted octanol–water partition coefficient (Wildman–Crippen LogP) is 1.12. The zero-order valence-electron chi connectivity index (χ0n) is 13.6. The summed E-state index contributed by atoms with van der Waals surface area (Å²) in [6, 6.07) is 8.10. The molecule has 0 saturated carbocycles. The molecular formula is C17H27N3O2. The summed E-state index contributed by atoms with van der Waals surface area (Å²) in [6.07, 6.45) is 1.07. The van der Waals surface area contributed by atoms with Gasteiger partial charge >= 0.3 is 0 Å². The van der Waals surface area contributed by atoms with Gasteiger partial charge in [0.1, 0.15) is 0 Å². The Morgan fingerprint density at radius 1 is 1.36 bits per heavy atom. The number of benzene rings is 1. The first-order chi connectivity index (χ1) is 10.5. The van der Waals surface area contributed by atoms with E-state index in [1.54, 1.807) is 7.11 Å². The monoisotopic (exact) mass is 305 g/mol. The summed E-state index contributed by atoms with van der Waals surface area (Å²) in [5, 5.41) is 2.98. The highest BCUT2D eigenvalue weighted by molar-refractivity contribution is 5.78. The Balaban J connectivity index is 1.74. The van der Waals surface area contributed by atoms with Crippen LogP contribution >= 0.6 is 0 Å². The Kier molecular flexibility index (Phi) is 5.94. The SMILES string of the molecule is COCc1ccc(CNC(=O)CN2CCC(C)(CN)C2)cc1. The van der Waals surface area contributed by atoms with E-state index < -0.39 is 0 Å². The minimum absolute atomic E-state index is 0.0715. The maximum atomic E-state index is 12.0. The van der Waals surface area contributed by atoms with E-state index in [1.807, 2.05) is 24.3 Å². The fourth-order valence-electron chi connectivity index (χ4n) is 2.81. The molecule has 22 heavy (non-hydrogen) atoms. The van der Waals surface area contributed by atoms with Gasteiger partial charge in [0, 0.05) is 20.2 Å². The lowest BCUT2D eigenvalue weighted by Crippen LogP contribution is -2.38. The second-order valence-corrected chi connectivity index (χ2v) is 6.50. The highest BCUT2D eigenvalue weighted by Crippen LogP contribution is 2.27. The van der Waals surface area contributed by atoms with Gasteiger partial charge in [0.05, 0.1) is 13.2 Å². The highest BCUT2D eigenvalue weighted by atomic mass is 16.5. The zero-order chi connectivity index (χ0) is 16.0. The van der Waals surface area contributed by atoms with Crippen molar-refractivity contribution in [3.63, 3.8) is 0 Å². The van der Waals surface area contributed by atoms with Crippen LogP contribution in [0.1, 0.15) is 24.5 Å². The van der Waals surface area contributed by atoms with Crippen LogP contribution in [0, 0.1) is 5.41 Å². The molecule has 1 saturated heterocycles. The van der Waals surface area contributed by atoms with Crippen molar-refractivity contribution in [3.8, 4) is 0 Å². The summed E-state index contributed by atoms with van der Waals surface area (Å²) in [7, 11) is 1.68. The van der Waals surface area contributed by atoms with Gasteiger partial charge in [-0.25, -0.2) is 0 Å². The zero-order valence-corrected chi connectivity index (χ0v) is 13.6. The summed E-state index contributed by atoms with van der Waals surface area (Å²) in [6.45, 7) is 6.35. The van der Waals surface area contributed by atoms with E-state index in [0.717, 1.165) is 30.6 Å². The topological polar surface area (TPSA) is 67.6 Å². The molecule has 0 bridgehead atoms. The highest BCUT2D eigenvalue weighted by Gasteiger charge is 2.32. The van der Waals surface area contributed by atoms with Crippen LogP contribution in [0.5, 0.6) is 0 Å². The maximum Gasteiger partial charge on any atom is 0.234 e. The number of likely N-dealkylation sites (tertiary alicyclic amines) is 1. The first kappa shape index (κ1) is 16.9. The lowest BCUT2D eigenvalue weighted by Gasteiger charge is -2.22. The van der Waals surface area contributed by atoms with E-state index in [-0.39, 0.29) is 11.3 Å². The minimum atomic E-state index is 0.0715. The average molecular weight is 305 g/mol. The molecule has 0 aromatic heterocycles. The Bertz CT molecular complexity index is 489. The predicted molar refractivity (Wildman–Crippen MR) is 87.2 cm³/mol. The molecule has 1 unspecified atom stereocenters. The Morgan fingerprint density at radius 3 is 2.64 bits per heavy atom. The number of amides is 1. The van der Waals surface area contributed by atoms with Crippen molar-refractivity contribution in [2.75, 3.05) is 33.3 Å². The van der Waals surface area contributed by atoms with Gasteiger partial charge in [0.25, 0.3) is 0 Å². The van der Waals surface area contributed by atoms with Crippen molar-refractivity contribution in [1.82, 2.24) is 10.2 Å². The molecule has 1 aromatic rings. The third kappa shape index (κ3) is 4.80. The van der Waals surface area contributed by atoms with Crippen LogP contribution in [-0.4, -0.2) is 44.1 Å². The van der Waals surface area contributed by atoms with E-state index >= 15 is 0 Å². The number of hydrogen-bond acceptors (Lipinski definition) is 4. The molecule has 5 heteroatoms. The molecule has 122 valence electrons. The lowest BCUT2D eigenvalue weighted by molar-refractivity contribution is -0.122. The molecule has 0 radical (unpaired) electrons. The molecule has 1 aliphatic heterocycles. The number of nitrogens with two attached hydrogens (primary N) is 1. The molecule has 1 aliphatic rings. The van der Waals surface area contributed by atoms with Gasteiger partial charge in [-0.2, -0.15) is 0 Å². The van der Waals surface area contributed by atoms with Crippen LogP contribution in [0.3, 0.4) is 0 Å². The Labute approximate surface area is 132 Å². The van der Waals surface area contributed by atoms with Crippen LogP contribution in [0.25, 0.3) is 0 Å². The smallest absolute Gasteiger partial charge is 0.234 e. The molecule has 2 rings (SSSR count). The summed E-state index contributed by atoms with van der Waals surface area (Å²) < 4.78 is 5.08. The second-order valence-electron chi connectivity index (χ2n) is 6.50. The standard InChI is InChI=1S/C17H27N3O2/c1-17(12-18)7-8-20(13-17)10-16(21)19-9-14-3-5-15(6-4-14)11-22-2/h3-6H,7-13,18H2,1-2H3,(H,19,21). The van der Waals surface area contributed by atoms with E-state index in [9.17, 15) is 4.79 Å². The second kappa shape index (κ2) is 7.72. The number of methoxy groups -OCH3 is 1. The van der Waals surface area contributed by atoms with Crippen LogP contribution < -0.4 is 11.1 Å². The molecule has 1 aromatic carbocycles. The molecule has 1 fully saturated rings. The molecule has 5 nitrogen and oxygen atoms in total. The van der Waals surface area contributed by atoms with E-state index in [2.05, 4.69) is 17.1 Å². The fraction of sp³-hybridized carbons (Fsp3) is 0.588. The molecule has 1 amide bonds. The Hall–Kier alpha value is -1.43. The van der Waals surface area contributed by atoms with Gasteiger partial charge in [-0.05, 0) is 36.1 Å². The number of nitrogens with zero attached hydrogens (tertiary/aromatic N) is 1. The lowest BCUT2D eigenvalue weighted by atomic mass is 9.90. The number of ether oxygens (including phenoxy) is 1. The summed E-state index contributed by atoms with van der Waals surface area (Å²) in [5.74, 6) is 0.0715. The van der Waals surface area contributed by atoms with Crippen LogP contribution in [-0.2, 0) is 22.7 Å². The normalized spacial score (nSPS) is 22.0. The number of carbonyl (C=O) groups excluding carboxylic acids is 1.